The van der Waals surface area contributed by atoms with Crippen LogP contribution in [0.4, 0.5) is 8.78 Å². The van der Waals surface area contributed by atoms with Gasteiger partial charge in [-0.15, -0.1) is 0 Å². The van der Waals surface area contributed by atoms with Crippen LogP contribution in [0.5, 0.6) is 5.75 Å². The van der Waals surface area contributed by atoms with Crippen LogP contribution >= 0.6 is 0 Å². The van der Waals surface area contributed by atoms with E-state index in [0.29, 0.717) is 11.1 Å². The fraction of sp³-hybridized carbons (Fsp3) is 0.154. The lowest BCUT2D eigenvalue weighted by atomic mass is 9.99. The van der Waals surface area contributed by atoms with E-state index >= 15 is 0 Å². The van der Waals surface area contributed by atoms with Gasteiger partial charge in [0.05, 0.1) is 19.3 Å². The lowest BCUT2D eigenvalue weighted by molar-refractivity contribution is 0.385. The van der Waals surface area contributed by atoms with Crippen molar-refractivity contribution in [3.63, 3.8) is 0 Å². The van der Waals surface area contributed by atoms with Crippen LogP contribution in [-0.2, 0) is 0 Å². The minimum atomic E-state index is -0.613. The molecule has 0 aliphatic rings. The molecule has 19 heavy (non-hydrogen) atoms. The van der Waals surface area contributed by atoms with Crippen LogP contribution < -0.4 is 16.0 Å². The van der Waals surface area contributed by atoms with Crippen molar-refractivity contribution in [2.75, 3.05) is 7.11 Å². The molecule has 0 bridgehead atoms. The molecule has 0 aliphatic heterocycles. The summed E-state index contributed by atoms with van der Waals surface area (Å²) in [5.74, 6) is 4.56. The van der Waals surface area contributed by atoms with Gasteiger partial charge in [-0.3, -0.25) is 10.8 Å². The van der Waals surface area contributed by atoms with Crippen LogP contribution in [0.3, 0.4) is 0 Å². The maximum Gasteiger partial charge on any atom is 0.165 e. The highest BCUT2D eigenvalue weighted by Gasteiger charge is 2.18. The Morgan fingerprint density at radius 2 is 2.05 bits per heavy atom. The summed E-state index contributed by atoms with van der Waals surface area (Å²) in [5, 5.41) is 0. The number of hydrogen-bond acceptors (Lipinski definition) is 4. The molecule has 2 rings (SSSR count). The molecule has 0 saturated carbocycles. The number of ether oxygens (including phenoxy) is 1. The zero-order chi connectivity index (χ0) is 13.8. The molecule has 1 aromatic carbocycles. The molecule has 1 atom stereocenters. The van der Waals surface area contributed by atoms with E-state index in [1.165, 1.54) is 37.6 Å². The number of hydrogen-bond donors (Lipinski definition) is 2. The highest BCUT2D eigenvalue weighted by Crippen LogP contribution is 2.27. The van der Waals surface area contributed by atoms with Gasteiger partial charge in [-0.1, -0.05) is 6.07 Å². The molecule has 2 aromatic rings. The lowest BCUT2D eigenvalue weighted by Gasteiger charge is -2.18. The summed E-state index contributed by atoms with van der Waals surface area (Å²) in [6.07, 6.45) is 2.56. The van der Waals surface area contributed by atoms with Crippen molar-refractivity contribution in [3.05, 3.63) is 59.4 Å². The average molecular weight is 265 g/mol. The third-order valence-electron chi connectivity index (χ3n) is 2.79. The standard InChI is InChI=1S/C13H13F2N3O/c1-19-12-6-8(2-3-10(12)14)13(18-16)9-4-5-17-7-11(9)15/h2-7,13,18H,16H2,1H3. The Morgan fingerprint density at radius 1 is 1.26 bits per heavy atom. The minimum Gasteiger partial charge on any atom is -0.494 e. The summed E-state index contributed by atoms with van der Waals surface area (Å²) < 4.78 is 32.0. The molecule has 1 aromatic heterocycles. The molecule has 6 heteroatoms. The molecular formula is C13H13F2N3O. The highest BCUT2D eigenvalue weighted by molar-refractivity contribution is 5.37. The van der Waals surface area contributed by atoms with Crippen LogP contribution in [0.15, 0.2) is 36.7 Å². The van der Waals surface area contributed by atoms with Gasteiger partial charge in [0.15, 0.2) is 11.6 Å². The van der Waals surface area contributed by atoms with Crippen LogP contribution in [0.25, 0.3) is 0 Å². The Bertz CT molecular complexity index is 578. The third kappa shape index (κ3) is 2.69. The molecule has 0 amide bonds. The number of halogens is 2. The first-order valence-corrected chi connectivity index (χ1v) is 5.56. The Morgan fingerprint density at radius 3 is 2.68 bits per heavy atom. The Balaban J connectivity index is 2.45. The molecular weight excluding hydrogens is 252 g/mol. The molecule has 0 radical (unpaired) electrons. The minimum absolute atomic E-state index is 0.0761. The zero-order valence-electron chi connectivity index (χ0n) is 10.2. The van der Waals surface area contributed by atoms with Gasteiger partial charge < -0.3 is 4.74 Å². The second-order valence-corrected chi connectivity index (χ2v) is 3.89. The van der Waals surface area contributed by atoms with Gasteiger partial charge in [0.25, 0.3) is 0 Å². The number of aromatic nitrogens is 1. The third-order valence-corrected chi connectivity index (χ3v) is 2.79. The van der Waals surface area contributed by atoms with Crippen LogP contribution in [0, 0.1) is 11.6 Å². The van der Waals surface area contributed by atoms with E-state index in [1.807, 2.05) is 0 Å². The molecule has 0 spiro atoms. The predicted molar refractivity (Wildman–Crippen MR) is 66.3 cm³/mol. The van der Waals surface area contributed by atoms with E-state index in [1.54, 1.807) is 0 Å². The van der Waals surface area contributed by atoms with E-state index in [9.17, 15) is 8.78 Å². The van der Waals surface area contributed by atoms with Crippen LogP contribution in [0.2, 0.25) is 0 Å². The van der Waals surface area contributed by atoms with Crippen molar-refractivity contribution in [3.8, 4) is 5.75 Å². The van der Waals surface area contributed by atoms with Crippen molar-refractivity contribution in [1.29, 1.82) is 0 Å². The summed E-state index contributed by atoms with van der Waals surface area (Å²) in [6.45, 7) is 0. The van der Waals surface area contributed by atoms with Gasteiger partial charge in [0.1, 0.15) is 5.82 Å². The quantitative estimate of drug-likeness (QED) is 0.655. The fourth-order valence-electron chi connectivity index (χ4n) is 1.84. The first-order chi connectivity index (χ1) is 9.17. The maximum atomic E-state index is 13.7. The number of nitrogens with two attached hydrogens (primary N) is 1. The van der Waals surface area contributed by atoms with Crippen molar-refractivity contribution in [1.82, 2.24) is 10.4 Å². The van der Waals surface area contributed by atoms with Crippen LogP contribution in [0.1, 0.15) is 17.2 Å². The van der Waals surface area contributed by atoms with E-state index in [2.05, 4.69) is 10.4 Å². The number of benzene rings is 1. The maximum absolute atomic E-state index is 13.7. The number of nitrogens with zero attached hydrogens (tertiary/aromatic N) is 1. The number of hydrazine groups is 1. The van der Waals surface area contributed by atoms with Gasteiger partial charge in [-0.05, 0) is 23.8 Å². The fourth-order valence-corrected chi connectivity index (χ4v) is 1.84. The van der Waals surface area contributed by atoms with Gasteiger partial charge >= 0.3 is 0 Å². The number of nitrogens with one attached hydrogen (secondary N) is 1. The van der Waals surface area contributed by atoms with Gasteiger partial charge in [0, 0.05) is 11.8 Å². The first-order valence-electron chi connectivity index (χ1n) is 5.56. The Hall–Kier alpha value is -2.05. The van der Waals surface area contributed by atoms with Gasteiger partial charge in [0.2, 0.25) is 0 Å². The van der Waals surface area contributed by atoms with E-state index in [0.717, 1.165) is 6.20 Å². The summed E-state index contributed by atoms with van der Waals surface area (Å²) in [7, 11) is 1.36. The SMILES string of the molecule is COc1cc(C(NN)c2ccncc2F)ccc1F. The molecule has 0 fully saturated rings. The summed E-state index contributed by atoms with van der Waals surface area (Å²) in [4.78, 5) is 3.67. The van der Waals surface area contributed by atoms with Crippen molar-refractivity contribution >= 4 is 0 Å². The van der Waals surface area contributed by atoms with Gasteiger partial charge in [-0.2, -0.15) is 0 Å². The zero-order valence-corrected chi connectivity index (χ0v) is 10.2. The normalized spacial score (nSPS) is 12.2. The topological polar surface area (TPSA) is 60.2 Å². The highest BCUT2D eigenvalue weighted by atomic mass is 19.1. The van der Waals surface area contributed by atoms with Gasteiger partial charge in [-0.25, -0.2) is 14.2 Å². The number of rotatable bonds is 4. The van der Waals surface area contributed by atoms with Crippen molar-refractivity contribution in [2.24, 2.45) is 5.84 Å². The van der Waals surface area contributed by atoms with Crippen molar-refractivity contribution < 1.29 is 13.5 Å². The monoisotopic (exact) mass is 265 g/mol. The number of methoxy groups -OCH3 is 1. The molecule has 100 valence electrons. The molecule has 3 N–H and O–H groups in total. The van der Waals surface area contributed by atoms with E-state index < -0.39 is 17.7 Å². The predicted octanol–water partition coefficient (Wildman–Crippen LogP) is 1.92. The Labute approximate surface area is 109 Å². The van der Waals surface area contributed by atoms with E-state index in [-0.39, 0.29) is 5.75 Å². The number of pyridine rings is 1. The van der Waals surface area contributed by atoms with Crippen LogP contribution in [-0.4, -0.2) is 12.1 Å². The first kappa shape index (κ1) is 13.4. The molecule has 0 aliphatic carbocycles. The van der Waals surface area contributed by atoms with E-state index in [4.69, 9.17) is 10.6 Å². The second kappa shape index (κ2) is 5.73. The molecule has 1 unspecified atom stereocenters. The second-order valence-electron chi connectivity index (χ2n) is 3.89. The van der Waals surface area contributed by atoms with Crippen molar-refractivity contribution in [2.45, 2.75) is 6.04 Å². The molecule has 0 saturated heterocycles. The molecule has 1 heterocycles. The smallest absolute Gasteiger partial charge is 0.165 e. The Kier molecular flexibility index (Phi) is 4.03. The average Bonchev–Trinajstić information content (AvgIpc) is 2.43. The largest absolute Gasteiger partial charge is 0.494 e. The summed E-state index contributed by atoms with van der Waals surface area (Å²) in [6, 6.07) is 5.13. The summed E-state index contributed by atoms with van der Waals surface area (Å²) in [5.41, 5.74) is 3.41. The lowest BCUT2D eigenvalue weighted by Crippen LogP contribution is -2.29. The molecule has 4 nitrogen and oxygen atoms in total. The summed E-state index contributed by atoms with van der Waals surface area (Å²) >= 11 is 0.